The first-order chi connectivity index (χ1) is 8.27. The maximum absolute atomic E-state index is 4.45. The van der Waals surface area contributed by atoms with Crippen LogP contribution in [-0.2, 0) is 6.54 Å². The quantitative estimate of drug-likeness (QED) is 0.872. The molecule has 2 aromatic rings. The summed E-state index contributed by atoms with van der Waals surface area (Å²) in [6, 6.07) is 10.5. The number of rotatable bonds is 5. The number of nitrogens with one attached hydrogen (secondary N) is 1. The molecule has 0 aliphatic heterocycles. The van der Waals surface area contributed by atoms with E-state index in [9.17, 15) is 0 Å². The molecule has 0 saturated carbocycles. The predicted molar refractivity (Wildman–Crippen MR) is 74.1 cm³/mol. The maximum atomic E-state index is 4.45. The molecule has 0 atom stereocenters. The van der Waals surface area contributed by atoms with Crippen LogP contribution < -0.4 is 5.32 Å². The van der Waals surface area contributed by atoms with Crippen molar-refractivity contribution in [2.24, 2.45) is 5.92 Å². The standard InChI is InChI=1S/C14H18N2S/c1-11(2)8-15-9-13-14(17-10-16-13)12-6-4-3-5-7-12/h3-7,10-11,15H,8-9H2,1-2H3. The zero-order valence-corrected chi connectivity index (χ0v) is 11.1. The Morgan fingerprint density at radius 2 is 2.00 bits per heavy atom. The number of thiazole rings is 1. The third-order valence-electron chi connectivity index (χ3n) is 2.52. The Kier molecular flexibility index (Phi) is 4.29. The van der Waals surface area contributed by atoms with Crippen molar-refractivity contribution in [3.05, 3.63) is 41.5 Å². The van der Waals surface area contributed by atoms with Crippen molar-refractivity contribution in [3.63, 3.8) is 0 Å². The second-order valence-electron chi connectivity index (χ2n) is 4.52. The first-order valence-corrected chi connectivity index (χ1v) is 6.84. The molecule has 0 unspecified atom stereocenters. The van der Waals surface area contributed by atoms with E-state index in [0.717, 1.165) is 18.8 Å². The summed E-state index contributed by atoms with van der Waals surface area (Å²) in [5.74, 6) is 0.675. The normalized spacial score (nSPS) is 11.0. The monoisotopic (exact) mass is 246 g/mol. The maximum Gasteiger partial charge on any atom is 0.0802 e. The summed E-state index contributed by atoms with van der Waals surface area (Å²) in [4.78, 5) is 5.72. The third-order valence-corrected chi connectivity index (χ3v) is 3.44. The van der Waals surface area contributed by atoms with E-state index < -0.39 is 0 Å². The first kappa shape index (κ1) is 12.3. The molecular formula is C14H18N2S. The van der Waals surface area contributed by atoms with E-state index in [0.29, 0.717) is 5.92 Å². The number of hydrogen-bond donors (Lipinski definition) is 1. The first-order valence-electron chi connectivity index (χ1n) is 5.96. The van der Waals surface area contributed by atoms with Gasteiger partial charge in [0.25, 0.3) is 0 Å². The van der Waals surface area contributed by atoms with Gasteiger partial charge in [-0.05, 0) is 18.0 Å². The van der Waals surface area contributed by atoms with Gasteiger partial charge in [-0.25, -0.2) is 4.98 Å². The second kappa shape index (κ2) is 5.94. The minimum Gasteiger partial charge on any atom is -0.311 e. The molecule has 0 fully saturated rings. The van der Waals surface area contributed by atoms with Gasteiger partial charge in [0.1, 0.15) is 0 Å². The highest BCUT2D eigenvalue weighted by Crippen LogP contribution is 2.27. The number of aromatic nitrogens is 1. The van der Waals surface area contributed by atoms with Crippen molar-refractivity contribution < 1.29 is 0 Å². The Bertz CT molecular complexity index is 448. The van der Waals surface area contributed by atoms with E-state index in [1.165, 1.54) is 10.4 Å². The van der Waals surface area contributed by atoms with Crippen LogP contribution in [0.25, 0.3) is 10.4 Å². The topological polar surface area (TPSA) is 24.9 Å². The molecule has 1 aromatic carbocycles. The lowest BCUT2D eigenvalue weighted by Crippen LogP contribution is -2.19. The minimum absolute atomic E-state index is 0.675. The molecule has 0 bridgehead atoms. The lowest BCUT2D eigenvalue weighted by atomic mass is 10.1. The summed E-state index contributed by atoms with van der Waals surface area (Å²) < 4.78 is 0. The zero-order chi connectivity index (χ0) is 12.1. The molecule has 90 valence electrons. The third kappa shape index (κ3) is 3.38. The van der Waals surface area contributed by atoms with Gasteiger partial charge in [-0.15, -0.1) is 11.3 Å². The van der Waals surface area contributed by atoms with Gasteiger partial charge in [0.2, 0.25) is 0 Å². The second-order valence-corrected chi connectivity index (χ2v) is 5.37. The predicted octanol–water partition coefficient (Wildman–Crippen LogP) is 3.56. The molecule has 3 heteroatoms. The highest BCUT2D eigenvalue weighted by atomic mass is 32.1. The Morgan fingerprint density at radius 1 is 1.24 bits per heavy atom. The minimum atomic E-state index is 0.675. The van der Waals surface area contributed by atoms with Gasteiger partial charge in [-0.3, -0.25) is 0 Å². The highest BCUT2D eigenvalue weighted by molar-refractivity contribution is 7.13. The van der Waals surface area contributed by atoms with E-state index >= 15 is 0 Å². The van der Waals surface area contributed by atoms with Gasteiger partial charge in [0.05, 0.1) is 16.1 Å². The van der Waals surface area contributed by atoms with Crippen LogP contribution in [0.15, 0.2) is 35.8 Å². The lowest BCUT2D eigenvalue weighted by molar-refractivity contribution is 0.549. The highest BCUT2D eigenvalue weighted by Gasteiger charge is 2.07. The Labute approximate surface area is 107 Å². The molecule has 17 heavy (non-hydrogen) atoms. The molecule has 0 radical (unpaired) electrons. The van der Waals surface area contributed by atoms with Crippen molar-refractivity contribution >= 4 is 11.3 Å². The molecule has 0 spiro atoms. The van der Waals surface area contributed by atoms with Crippen LogP contribution in [0.3, 0.4) is 0 Å². The van der Waals surface area contributed by atoms with Crippen molar-refractivity contribution in [1.29, 1.82) is 0 Å². The molecule has 0 amide bonds. The van der Waals surface area contributed by atoms with Gasteiger partial charge in [-0.1, -0.05) is 44.2 Å². The Balaban J connectivity index is 2.07. The Hall–Kier alpha value is -1.19. The van der Waals surface area contributed by atoms with E-state index in [2.05, 4.69) is 48.4 Å². The molecular weight excluding hydrogens is 228 g/mol. The van der Waals surface area contributed by atoms with Crippen LogP contribution in [0.2, 0.25) is 0 Å². The van der Waals surface area contributed by atoms with Crippen LogP contribution in [0, 0.1) is 5.92 Å². The van der Waals surface area contributed by atoms with Crippen LogP contribution in [0.5, 0.6) is 0 Å². The van der Waals surface area contributed by atoms with Crippen molar-refractivity contribution in [3.8, 4) is 10.4 Å². The van der Waals surface area contributed by atoms with Gasteiger partial charge in [0, 0.05) is 6.54 Å². The summed E-state index contributed by atoms with van der Waals surface area (Å²) in [5.41, 5.74) is 4.34. The molecule has 1 aromatic heterocycles. The molecule has 1 heterocycles. The fraction of sp³-hybridized carbons (Fsp3) is 0.357. The smallest absolute Gasteiger partial charge is 0.0802 e. The van der Waals surface area contributed by atoms with Crippen molar-refractivity contribution in [1.82, 2.24) is 10.3 Å². The molecule has 2 rings (SSSR count). The van der Waals surface area contributed by atoms with Crippen molar-refractivity contribution in [2.75, 3.05) is 6.54 Å². The summed E-state index contributed by atoms with van der Waals surface area (Å²) in [6.45, 7) is 6.32. The van der Waals surface area contributed by atoms with Gasteiger partial charge >= 0.3 is 0 Å². The number of benzene rings is 1. The number of nitrogens with zero attached hydrogens (tertiary/aromatic N) is 1. The molecule has 2 nitrogen and oxygen atoms in total. The van der Waals surface area contributed by atoms with E-state index in [4.69, 9.17) is 0 Å². The fourth-order valence-corrected chi connectivity index (χ4v) is 2.52. The average Bonchev–Trinajstić information content (AvgIpc) is 2.78. The summed E-state index contributed by atoms with van der Waals surface area (Å²) in [5, 5.41) is 3.44. The Morgan fingerprint density at radius 3 is 2.71 bits per heavy atom. The molecule has 0 saturated heterocycles. The van der Waals surface area contributed by atoms with Crippen LogP contribution >= 0.6 is 11.3 Å². The van der Waals surface area contributed by atoms with Gasteiger partial charge in [0.15, 0.2) is 0 Å². The largest absolute Gasteiger partial charge is 0.311 e. The van der Waals surface area contributed by atoms with E-state index in [1.807, 2.05) is 11.6 Å². The van der Waals surface area contributed by atoms with Gasteiger partial charge < -0.3 is 5.32 Å². The summed E-state index contributed by atoms with van der Waals surface area (Å²) >= 11 is 1.71. The van der Waals surface area contributed by atoms with Crippen molar-refractivity contribution in [2.45, 2.75) is 20.4 Å². The summed E-state index contributed by atoms with van der Waals surface area (Å²) in [7, 11) is 0. The van der Waals surface area contributed by atoms with E-state index in [1.54, 1.807) is 11.3 Å². The number of hydrogen-bond acceptors (Lipinski definition) is 3. The SMILES string of the molecule is CC(C)CNCc1ncsc1-c1ccccc1. The van der Waals surface area contributed by atoms with Crippen LogP contribution in [0.1, 0.15) is 19.5 Å². The lowest BCUT2D eigenvalue weighted by Gasteiger charge is -2.07. The molecule has 0 aliphatic carbocycles. The summed E-state index contributed by atoms with van der Waals surface area (Å²) in [6.07, 6.45) is 0. The van der Waals surface area contributed by atoms with Gasteiger partial charge in [-0.2, -0.15) is 0 Å². The van der Waals surface area contributed by atoms with Crippen LogP contribution in [0.4, 0.5) is 0 Å². The molecule has 1 N–H and O–H groups in total. The average molecular weight is 246 g/mol. The molecule has 0 aliphatic rings. The van der Waals surface area contributed by atoms with E-state index in [-0.39, 0.29) is 0 Å². The fourth-order valence-electron chi connectivity index (χ4n) is 1.70. The zero-order valence-electron chi connectivity index (χ0n) is 10.3. The van der Waals surface area contributed by atoms with Crippen LogP contribution in [-0.4, -0.2) is 11.5 Å².